The molecule has 2 amide bonds. The van der Waals surface area contributed by atoms with E-state index in [9.17, 15) is 14.3 Å². The summed E-state index contributed by atoms with van der Waals surface area (Å²) in [6, 6.07) is 19.5. The predicted octanol–water partition coefficient (Wildman–Crippen LogP) is 4.91. The molecule has 34 heavy (non-hydrogen) atoms. The zero-order valence-corrected chi connectivity index (χ0v) is 19.2. The Hall–Kier alpha value is -3.58. The fourth-order valence-corrected chi connectivity index (χ4v) is 5.37. The third-order valence-corrected chi connectivity index (χ3v) is 7.13. The number of hydrogen-bond acceptors (Lipinski definition) is 4. The van der Waals surface area contributed by atoms with Crippen molar-refractivity contribution < 1.29 is 19.0 Å². The van der Waals surface area contributed by atoms with Crippen LogP contribution in [0, 0.1) is 11.7 Å². The van der Waals surface area contributed by atoms with Gasteiger partial charge in [0.25, 0.3) is 0 Å². The quantitative estimate of drug-likeness (QED) is 0.580. The molecular formula is C27H28FN3O3. The molecule has 2 aliphatic rings. The van der Waals surface area contributed by atoms with Gasteiger partial charge >= 0.3 is 6.03 Å². The molecular weight excluding hydrogens is 433 g/mol. The molecule has 0 spiro atoms. The van der Waals surface area contributed by atoms with Crippen LogP contribution in [0.4, 0.5) is 20.6 Å². The van der Waals surface area contributed by atoms with Crippen molar-refractivity contribution in [3.8, 4) is 16.9 Å². The number of nitrogens with zero attached hydrogens (tertiary/aromatic N) is 2. The topological polar surface area (TPSA) is 65.0 Å². The van der Waals surface area contributed by atoms with Crippen molar-refractivity contribution in [3.63, 3.8) is 0 Å². The lowest BCUT2D eigenvalue weighted by atomic mass is 9.81. The molecule has 3 aromatic carbocycles. The lowest BCUT2D eigenvalue weighted by molar-refractivity contribution is 0.168. The molecule has 0 saturated carbocycles. The fourth-order valence-electron chi connectivity index (χ4n) is 5.37. The maximum absolute atomic E-state index is 13.3. The molecule has 2 N–H and O–H groups in total. The maximum atomic E-state index is 13.3. The molecule has 6 nitrogen and oxygen atoms in total. The van der Waals surface area contributed by atoms with Crippen LogP contribution >= 0.6 is 0 Å². The molecule has 1 fully saturated rings. The van der Waals surface area contributed by atoms with Gasteiger partial charge in [-0.05, 0) is 71.6 Å². The van der Waals surface area contributed by atoms with Gasteiger partial charge in [0.2, 0.25) is 0 Å². The molecule has 2 heterocycles. The minimum absolute atomic E-state index is 0.0186. The second kappa shape index (κ2) is 8.99. The van der Waals surface area contributed by atoms with Crippen LogP contribution in [-0.4, -0.2) is 49.4 Å². The number of fused-ring (bicyclic) bond motifs is 3. The Morgan fingerprint density at radius 3 is 2.47 bits per heavy atom. The normalized spacial score (nSPS) is 21.1. The van der Waals surface area contributed by atoms with E-state index in [4.69, 9.17) is 4.74 Å². The summed E-state index contributed by atoms with van der Waals surface area (Å²) in [6.45, 7) is 0.601. The molecule has 0 bridgehead atoms. The molecule has 0 unspecified atom stereocenters. The molecule has 1 saturated heterocycles. The van der Waals surface area contributed by atoms with Crippen molar-refractivity contribution in [3.05, 3.63) is 78.1 Å². The molecule has 3 aromatic rings. The van der Waals surface area contributed by atoms with Crippen molar-refractivity contribution in [2.75, 3.05) is 37.5 Å². The number of methoxy groups -OCH3 is 1. The number of likely N-dealkylation sites (N-methyl/N-ethyl adjacent to an activating group) is 1. The van der Waals surface area contributed by atoms with Gasteiger partial charge in [-0.1, -0.05) is 18.2 Å². The van der Waals surface area contributed by atoms with Crippen molar-refractivity contribution >= 4 is 17.4 Å². The standard InChI is InChI=1S/C27H28FN3O3/c1-30-24-12-5-18(17-3-10-21(34-2)11-4-17)15-23(24)26-22(25(30)16-32)13-14-31(26)27(33)29-20-8-6-19(28)7-9-20/h3-12,15,22,25-26,32H,13-14,16H2,1-2H3,(H,29,33)/t22-,25+,26-/m1/s1. The second-order valence-electron chi connectivity index (χ2n) is 8.89. The van der Waals surface area contributed by atoms with E-state index in [1.165, 1.54) is 12.1 Å². The van der Waals surface area contributed by atoms with Crippen molar-refractivity contribution in [1.82, 2.24) is 4.90 Å². The van der Waals surface area contributed by atoms with E-state index in [0.717, 1.165) is 34.5 Å². The SMILES string of the molecule is COc1ccc(-c2ccc3c(c2)[C@H]2[C@H](CCN2C(=O)Nc2ccc(F)cc2)[C@H](CO)N3C)cc1. The maximum Gasteiger partial charge on any atom is 0.322 e. The lowest BCUT2D eigenvalue weighted by Gasteiger charge is -2.44. The lowest BCUT2D eigenvalue weighted by Crippen LogP contribution is -2.48. The number of halogens is 1. The van der Waals surface area contributed by atoms with Crippen LogP contribution in [0.1, 0.15) is 18.0 Å². The highest BCUT2D eigenvalue weighted by Gasteiger charge is 2.47. The smallest absolute Gasteiger partial charge is 0.322 e. The minimum atomic E-state index is -0.347. The number of nitrogens with one attached hydrogen (secondary N) is 1. The number of ether oxygens (including phenoxy) is 1. The van der Waals surface area contributed by atoms with Gasteiger partial charge in [0.05, 0.1) is 25.8 Å². The van der Waals surface area contributed by atoms with Crippen LogP contribution in [0.25, 0.3) is 11.1 Å². The van der Waals surface area contributed by atoms with Crippen LogP contribution < -0.4 is 15.0 Å². The molecule has 0 aromatic heterocycles. The van der Waals surface area contributed by atoms with E-state index in [2.05, 4.69) is 28.4 Å². The average molecular weight is 462 g/mol. The van der Waals surface area contributed by atoms with E-state index < -0.39 is 0 Å². The molecule has 2 aliphatic heterocycles. The molecule has 5 rings (SSSR count). The van der Waals surface area contributed by atoms with Crippen molar-refractivity contribution in [2.24, 2.45) is 5.92 Å². The van der Waals surface area contributed by atoms with E-state index >= 15 is 0 Å². The first-order valence-electron chi connectivity index (χ1n) is 11.5. The van der Waals surface area contributed by atoms with Gasteiger partial charge in [-0.2, -0.15) is 0 Å². The van der Waals surface area contributed by atoms with Crippen molar-refractivity contribution in [1.29, 1.82) is 0 Å². The van der Waals surface area contributed by atoms with E-state index in [-0.39, 0.29) is 36.5 Å². The van der Waals surface area contributed by atoms with E-state index in [1.54, 1.807) is 19.2 Å². The molecule has 176 valence electrons. The summed E-state index contributed by atoms with van der Waals surface area (Å²) in [4.78, 5) is 17.3. The Bertz CT molecular complexity index is 1180. The van der Waals surface area contributed by atoms with Gasteiger partial charge in [-0.15, -0.1) is 0 Å². The zero-order valence-electron chi connectivity index (χ0n) is 19.2. The summed E-state index contributed by atoms with van der Waals surface area (Å²) in [6.07, 6.45) is 0.795. The van der Waals surface area contributed by atoms with Crippen LogP contribution in [0.2, 0.25) is 0 Å². The predicted molar refractivity (Wildman–Crippen MR) is 131 cm³/mol. The van der Waals surface area contributed by atoms with E-state index in [1.807, 2.05) is 36.2 Å². The van der Waals surface area contributed by atoms with E-state index in [0.29, 0.717) is 12.2 Å². The highest BCUT2D eigenvalue weighted by Crippen LogP contribution is 2.49. The highest BCUT2D eigenvalue weighted by atomic mass is 19.1. The Kier molecular flexibility index (Phi) is 5.87. The number of carbonyl (C=O) groups is 1. The Labute approximate surface area is 198 Å². The summed E-state index contributed by atoms with van der Waals surface area (Å²) < 4.78 is 18.6. The summed E-state index contributed by atoms with van der Waals surface area (Å²) >= 11 is 0. The number of aliphatic hydroxyl groups excluding tert-OH is 1. The monoisotopic (exact) mass is 461 g/mol. The molecule has 0 radical (unpaired) electrons. The summed E-state index contributed by atoms with van der Waals surface area (Å²) in [5.41, 5.74) is 4.75. The largest absolute Gasteiger partial charge is 0.497 e. The Balaban J connectivity index is 1.51. The third-order valence-electron chi connectivity index (χ3n) is 7.13. The number of aliphatic hydroxyl groups is 1. The number of urea groups is 1. The van der Waals surface area contributed by atoms with Crippen molar-refractivity contribution in [2.45, 2.75) is 18.5 Å². The number of benzene rings is 3. The molecule has 7 heteroatoms. The first-order valence-corrected chi connectivity index (χ1v) is 11.5. The number of rotatable bonds is 4. The second-order valence-corrected chi connectivity index (χ2v) is 8.89. The van der Waals surface area contributed by atoms with Crippen LogP contribution in [-0.2, 0) is 0 Å². The Morgan fingerprint density at radius 2 is 1.79 bits per heavy atom. The highest BCUT2D eigenvalue weighted by molar-refractivity contribution is 5.90. The molecule has 0 aliphatic carbocycles. The Morgan fingerprint density at radius 1 is 1.09 bits per heavy atom. The fraction of sp³-hybridized carbons (Fsp3) is 0.296. The van der Waals surface area contributed by atoms with Gasteiger partial charge < -0.3 is 25.0 Å². The van der Waals surface area contributed by atoms with Gasteiger partial charge in [-0.25, -0.2) is 9.18 Å². The number of carbonyl (C=O) groups excluding carboxylic acids is 1. The van der Waals surface area contributed by atoms with Gasteiger partial charge in [-0.3, -0.25) is 0 Å². The third kappa shape index (κ3) is 3.86. The summed E-state index contributed by atoms with van der Waals surface area (Å²) in [5.74, 6) is 0.555. The van der Waals surface area contributed by atoms with Crippen LogP contribution in [0.3, 0.4) is 0 Å². The van der Waals surface area contributed by atoms with Gasteiger partial charge in [0, 0.05) is 30.9 Å². The zero-order chi connectivity index (χ0) is 23.8. The first kappa shape index (κ1) is 22.2. The van der Waals surface area contributed by atoms with Gasteiger partial charge in [0.15, 0.2) is 0 Å². The summed E-state index contributed by atoms with van der Waals surface area (Å²) in [7, 11) is 3.65. The number of amides is 2. The number of anilines is 2. The number of hydrogen-bond donors (Lipinski definition) is 2. The molecule has 3 atom stereocenters. The van der Waals surface area contributed by atoms with Crippen LogP contribution in [0.5, 0.6) is 5.75 Å². The number of likely N-dealkylation sites (tertiary alicyclic amines) is 1. The van der Waals surface area contributed by atoms with Crippen LogP contribution in [0.15, 0.2) is 66.7 Å². The van der Waals surface area contributed by atoms with Gasteiger partial charge in [0.1, 0.15) is 11.6 Å². The summed E-state index contributed by atoms with van der Waals surface area (Å²) in [5, 5.41) is 13.1. The first-order chi connectivity index (χ1) is 16.5. The minimum Gasteiger partial charge on any atom is -0.497 e. The average Bonchev–Trinajstić information content (AvgIpc) is 3.31.